The lowest BCUT2D eigenvalue weighted by Gasteiger charge is -2.44. The van der Waals surface area contributed by atoms with Gasteiger partial charge in [0.15, 0.2) is 12.3 Å². The predicted octanol–water partition coefficient (Wildman–Crippen LogP) is -0.0124. The number of urea groups is 2. The number of carbonyl (C=O) groups is 4. The maximum atomic E-state index is 13.3. The van der Waals surface area contributed by atoms with E-state index >= 15 is 0 Å². The van der Waals surface area contributed by atoms with Crippen molar-refractivity contribution >= 4 is 47.5 Å². The standard InChI is InChI=1S/C18H28N6O6S2/c1-31-5-3-11(15(25)26)19-7-21-13-14-23(17(21)29)9-20(12(16(27)28)4-6-32-2)10-24(14)18(30)22(13)8-19/h11-14H,3-10H2,1-2H3,(H,25,26)(H,27,28)/t11-,12-,13?,14?/m1/s1. The summed E-state index contributed by atoms with van der Waals surface area (Å²) in [5, 5.41) is 19.5. The molecule has 2 atom stereocenters. The van der Waals surface area contributed by atoms with Gasteiger partial charge < -0.3 is 10.2 Å². The average molecular weight is 489 g/mol. The summed E-state index contributed by atoms with van der Waals surface area (Å²) in [6.07, 6.45) is 3.65. The van der Waals surface area contributed by atoms with E-state index in [4.69, 9.17) is 0 Å². The van der Waals surface area contributed by atoms with Gasteiger partial charge in [0.25, 0.3) is 0 Å². The first-order valence-corrected chi connectivity index (χ1v) is 13.1. The van der Waals surface area contributed by atoms with E-state index in [-0.39, 0.29) is 38.7 Å². The number of aliphatic carboxylic acids is 2. The first-order valence-electron chi connectivity index (χ1n) is 10.4. The van der Waals surface area contributed by atoms with E-state index in [0.29, 0.717) is 24.3 Å². The Morgan fingerprint density at radius 3 is 1.34 bits per heavy atom. The van der Waals surface area contributed by atoms with Gasteiger partial charge in [-0.1, -0.05) is 0 Å². The van der Waals surface area contributed by atoms with Gasteiger partial charge in [-0.3, -0.25) is 39.0 Å². The molecule has 32 heavy (non-hydrogen) atoms. The summed E-state index contributed by atoms with van der Waals surface area (Å²) in [6.45, 7) is 0.477. The lowest BCUT2D eigenvalue weighted by molar-refractivity contribution is -0.149. The minimum Gasteiger partial charge on any atom is -0.480 e. The third-order valence-electron chi connectivity index (χ3n) is 6.51. The van der Waals surface area contributed by atoms with Crippen LogP contribution >= 0.6 is 23.5 Å². The molecule has 0 aromatic carbocycles. The highest BCUT2D eigenvalue weighted by Crippen LogP contribution is 2.40. The number of carbonyl (C=O) groups excluding carboxylic acids is 2. The quantitative estimate of drug-likeness (QED) is 0.433. The van der Waals surface area contributed by atoms with Gasteiger partial charge in [0.05, 0.1) is 26.7 Å². The minimum atomic E-state index is -0.975. The number of hydrogen-bond donors (Lipinski definition) is 2. The molecule has 0 aromatic rings. The second-order valence-corrected chi connectivity index (χ2v) is 10.3. The maximum absolute atomic E-state index is 13.3. The monoisotopic (exact) mass is 488 g/mol. The summed E-state index contributed by atoms with van der Waals surface area (Å²) in [5.74, 6) is -0.641. The van der Waals surface area contributed by atoms with E-state index in [9.17, 15) is 29.4 Å². The Morgan fingerprint density at radius 1 is 0.781 bits per heavy atom. The number of amides is 4. The van der Waals surface area contributed by atoms with Crippen LogP contribution < -0.4 is 0 Å². The van der Waals surface area contributed by atoms with Crippen LogP contribution in [0.15, 0.2) is 0 Å². The van der Waals surface area contributed by atoms with Crippen molar-refractivity contribution in [1.29, 1.82) is 0 Å². The van der Waals surface area contributed by atoms with Gasteiger partial charge >= 0.3 is 24.0 Å². The molecule has 0 radical (unpaired) electrons. The smallest absolute Gasteiger partial charge is 0.325 e. The summed E-state index contributed by atoms with van der Waals surface area (Å²) in [5.41, 5.74) is 0. The number of nitrogens with zero attached hydrogens (tertiary/aromatic N) is 6. The Kier molecular flexibility index (Phi) is 6.66. The highest BCUT2D eigenvalue weighted by Gasteiger charge is 2.64. The van der Waals surface area contributed by atoms with E-state index in [1.54, 1.807) is 52.9 Å². The minimum absolute atomic E-state index is 0.119. The third-order valence-corrected chi connectivity index (χ3v) is 7.79. The number of carboxylic acids is 2. The molecule has 4 rings (SSSR count). The lowest BCUT2D eigenvalue weighted by atomic mass is 10.2. The van der Waals surface area contributed by atoms with Gasteiger partial charge in [-0.15, -0.1) is 0 Å². The van der Waals surface area contributed by atoms with Crippen molar-refractivity contribution in [2.45, 2.75) is 37.3 Å². The molecule has 4 heterocycles. The van der Waals surface area contributed by atoms with Crippen molar-refractivity contribution in [3.8, 4) is 0 Å². The molecule has 4 amide bonds. The van der Waals surface area contributed by atoms with Crippen LogP contribution in [0, 0.1) is 0 Å². The molecule has 2 N–H and O–H groups in total. The summed E-state index contributed by atoms with van der Waals surface area (Å²) in [7, 11) is 0. The molecule has 178 valence electrons. The van der Waals surface area contributed by atoms with Crippen LogP contribution in [0.25, 0.3) is 0 Å². The van der Waals surface area contributed by atoms with Gasteiger partial charge in [-0.05, 0) is 36.9 Å². The van der Waals surface area contributed by atoms with Crippen LogP contribution in [0.2, 0.25) is 0 Å². The summed E-state index contributed by atoms with van der Waals surface area (Å²) < 4.78 is 0. The van der Waals surface area contributed by atoms with Crippen molar-refractivity contribution in [2.24, 2.45) is 0 Å². The molecule has 4 saturated heterocycles. The highest BCUT2D eigenvalue weighted by molar-refractivity contribution is 7.98. The van der Waals surface area contributed by atoms with E-state index < -0.39 is 36.4 Å². The molecule has 0 aliphatic carbocycles. The van der Waals surface area contributed by atoms with Gasteiger partial charge in [-0.2, -0.15) is 23.5 Å². The molecule has 4 fully saturated rings. The van der Waals surface area contributed by atoms with Crippen LogP contribution in [0.4, 0.5) is 9.59 Å². The molecule has 0 bridgehead atoms. The lowest BCUT2D eigenvalue weighted by Crippen LogP contribution is -2.64. The van der Waals surface area contributed by atoms with E-state index in [2.05, 4.69) is 0 Å². The SMILES string of the molecule is CSCC[C@H](C(=O)O)N1CN2C(=O)N3CN([C@H](CCSC)C(=O)O)CN4C(=O)N(C1)C2C34. The fraction of sp³-hybridized carbons (Fsp3) is 0.778. The van der Waals surface area contributed by atoms with Crippen molar-refractivity contribution in [1.82, 2.24) is 29.4 Å². The number of thioether (sulfide) groups is 2. The maximum Gasteiger partial charge on any atom is 0.325 e. The normalized spacial score (nSPS) is 27.2. The molecular weight excluding hydrogens is 460 g/mol. The average Bonchev–Trinajstić information content (AvgIpc) is 3.20. The van der Waals surface area contributed by atoms with Crippen LogP contribution in [-0.2, 0) is 9.59 Å². The second-order valence-electron chi connectivity index (χ2n) is 8.29. The molecular formula is C18H28N6O6S2. The number of hydrogen-bond acceptors (Lipinski definition) is 8. The molecule has 0 saturated carbocycles. The van der Waals surface area contributed by atoms with E-state index in [1.807, 2.05) is 12.5 Å². The third kappa shape index (κ3) is 3.76. The zero-order chi connectivity index (χ0) is 23.2. The van der Waals surface area contributed by atoms with Crippen LogP contribution in [-0.4, -0.2) is 139 Å². The largest absolute Gasteiger partial charge is 0.480 e. The van der Waals surface area contributed by atoms with Crippen LogP contribution in [0.1, 0.15) is 12.8 Å². The first-order chi connectivity index (χ1) is 15.3. The van der Waals surface area contributed by atoms with Crippen LogP contribution in [0.5, 0.6) is 0 Å². The Balaban J connectivity index is 1.58. The molecule has 0 unspecified atom stereocenters. The molecule has 4 aliphatic rings. The Morgan fingerprint density at radius 2 is 1.09 bits per heavy atom. The second kappa shape index (κ2) is 9.15. The Hall–Kier alpha value is -1.90. The van der Waals surface area contributed by atoms with Gasteiger partial charge in [0.1, 0.15) is 12.1 Å². The highest BCUT2D eigenvalue weighted by atomic mass is 32.2. The summed E-state index contributed by atoms with van der Waals surface area (Å²) in [6, 6.07) is -2.21. The number of rotatable bonds is 10. The molecule has 14 heteroatoms. The van der Waals surface area contributed by atoms with Gasteiger partial charge in [0, 0.05) is 0 Å². The van der Waals surface area contributed by atoms with E-state index in [0.717, 1.165) is 0 Å². The van der Waals surface area contributed by atoms with Crippen molar-refractivity contribution < 1.29 is 29.4 Å². The fourth-order valence-electron chi connectivity index (χ4n) is 4.99. The molecule has 4 aliphatic heterocycles. The Labute approximate surface area is 194 Å². The van der Waals surface area contributed by atoms with E-state index in [1.165, 1.54) is 0 Å². The van der Waals surface area contributed by atoms with Crippen molar-refractivity contribution in [3.05, 3.63) is 0 Å². The van der Waals surface area contributed by atoms with Crippen molar-refractivity contribution in [3.63, 3.8) is 0 Å². The Bertz CT molecular complexity index is 708. The van der Waals surface area contributed by atoms with Crippen molar-refractivity contribution in [2.75, 3.05) is 50.7 Å². The summed E-state index contributed by atoms with van der Waals surface area (Å²) >= 11 is 3.10. The fourth-order valence-corrected chi connectivity index (χ4v) is 5.91. The topological polar surface area (TPSA) is 128 Å². The van der Waals surface area contributed by atoms with Crippen LogP contribution in [0.3, 0.4) is 0 Å². The molecule has 0 aromatic heterocycles. The summed E-state index contributed by atoms with van der Waals surface area (Å²) in [4.78, 5) is 59.8. The van der Waals surface area contributed by atoms with Gasteiger partial charge in [0.2, 0.25) is 0 Å². The molecule has 0 spiro atoms. The zero-order valence-corrected chi connectivity index (χ0v) is 19.6. The van der Waals surface area contributed by atoms with Gasteiger partial charge in [-0.25, -0.2) is 9.59 Å². The predicted molar refractivity (Wildman–Crippen MR) is 118 cm³/mol. The first kappa shape index (κ1) is 23.3. The number of carboxylic acid groups (broad SMARTS) is 2. The molecule has 12 nitrogen and oxygen atoms in total. The zero-order valence-electron chi connectivity index (χ0n) is 18.0.